The van der Waals surface area contributed by atoms with Gasteiger partial charge in [-0.1, -0.05) is 38.1 Å². The van der Waals surface area contributed by atoms with Crippen LogP contribution in [0.3, 0.4) is 0 Å². The zero-order valence-electron chi connectivity index (χ0n) is 15.8. The van der Waals surface area contributed by atoms with E-state index >= 15 is 0 Å². The summed E-state index contributed by atoms with van der Waals surface area (Å²) >= 11 is 0. The molecule has 0 amide bonds. The Labute approximate surface area is 163 Å². The molecular formula is C21H22FN3O3. The van der Waals surface area contributed by atoms with Crippen molar-refractivity contribution in [3.05, 3.63) is 65.5 Å². The zero-order chi connectivity index (χ0) is 19.9. The lowest BCUT2D eigenvalue weighted by Gasteiger charge is -2.08. The van der Waals surface area contributed by atoms with Crippen molar-refractivity contribution in [1.82, 2.24) is 0 Å². The number of nitrogens with zero attached hydrogens (tertiary/aromatic N) is 2. The number of carbonyl (C=O) groups excluding carboxylic acids is 1. The van der Waals surface area contributed by atoms with Crippen molar-refractivity contribution in [3.63, 3.8) is 0 Å². The summed E-state index contributed by atoms with van der Waals surface area (Å²) in [5, 5.41) is 3.98. The maximum atomic E-state index is 13.8. The number of halogens is 1. The molecule has 6 nitrogen and oxygen atoms in total. The minimum atomic E-state index is -0.737. The molecule has 2 aromatic carbocycles. The summed E-state index contributed by atoms with van der Waals surface area (Å²) in [6.07, 6.45) is 1.01. The topological polar surface area (TPSA) is 72.3 Å². The molecule has 1 aliphatic heterocycles. The van der Waals surface area contributed by atoms with E-state index < -0.39 is 11.8 Å². The number of hydrogen-bond acceptors (Lipinski definition) is 5. The van der Waals surface area contributed by atoms with Crippen LogP contribution in [0.1, 0.15) is 31.4 Å². The number of ether oxygens (including phenoxy) is 2. The van der Waals surface area contributed by atoms with Crippen LogP contribution in [0.4, 0.5) is 10.1 Å². The van der Waals surface area contributed by atoms with Gasteiger partial charge in [0.15, 0.2) is 0 Å². The van der Waals surface area contributed by atoms with E-state index in [2.05, 4.69) is 29.4 Å². The molecule has 0 spiro atoms. The molecule has 2 aromatic rings. The maximum Gasteiger partial charge on any atom is 0.385 e. The third kappa shape index (κ3) is 5.23. The summed E-state index contributed by atoms with van der Waals surface area (Å²) in [4.78, 5) is 15.9. The number of anilines is 1. The fraction of sp³-hybridized carbons (Fsp3) is 0.286. The molecule has 0 atom stereocenters. The van der Waals surface area contributed by atoms with Crippen LogP contribution in [0.2, 0.25) is 0 Å². The normalized spacial score (nSPS) is 15.1. The van der Waals surface area contributed by atoms with Crippen molar-refractivity contribution in [2.75, 3.05) is 12.0 Å². The fourth-order valence-electron chi connectivity index (χ4n) is 2.48. The molecule has 0 aliphatic carbocycles. The quantitative estimate of drug-likeness (QED) is 0.423. The van der Waals surface area contributed by atoms with E-state index in [9.17, 15) is 9.18 Å². The summed E-state index contributed by atoms with van der Waals surface area (Å²) in [5.74, 6) is -0.926. The zero-order valence-corrected chi connectivity index (χ0v) is 15.8. The van der Waals surface area contributed by atoms with Gasteiger partial charge in [0, 0.05) is 6.61 Å². The highest BCUT2D eigenvalue weighted by Gasteiger charge is 2.27. The van der Waals surface area contributed by atoms with Crippen LogP contribution in [-0.4, -0.2) is 24.3 Å². The van der Waals surface area contributed by atoms with Gasteiger partial charge in [-0.15, -0.1) is 5.10 Å². The minimum Gasteiger partial charge on any atom is -0.401 e. The second-order valence-electron chi connectivity index (χ2n) is 6.77. The lowest BCUT2D eigenvalue weighted by molar-refractivity contribution is -0.127. The van der Waals surface area contributed by atoms with Crippen molar-refractivity contribution < 1.29 is 18.7 Å². The Morgan fingerprint density at radius 1 is 1.21 bits per heavy atom. The molecule has 7 heteroatoms. The monoisotopic (exact) mass is 383 g/mol. The average molecular weight is 383 g/mol. The maximum absolute atomic E-state index is 13.8. The molecular weight excluding hydrogens is 361 g/mol. The first kappa shape index (κ1) is 19.7. The van der Waals surface area contributed by atoms with Gasteiger partial charge in [-0.3, -0.25) is 5.43 Å². The van der Waals surface area contributed by atoms with Crippen LogP contribution in [0, 0.1) is 11.7 Å². The largest absolute Gasteiger partial charge is 0.401 e. The third-order valence-electron chi connectivity index (χ3n) is 4.01. The van der Waals surface area contributed by atoms with Crippen LogP contribution in [-0.2, 0) is 20.9 Å². The fourth-order valence-corrected chi connectivity index (χ4v) is 2.48. The summed E-state index contributed by atoms with van der Waals surface area (Å²) in [5.41, 5.74) is 4.56. The molecule has 28 heavy (non-hydrogen) atoms. The molecule has 0 saturated heterocycles. The van der Waals surface area contributed by atoms with E-state index in [1.807, 2.05) is 24.3 Å². The third-order valence-corrected chi connectivity index (χ3v) is 4.01. The Balaban J connectivity index is 1.64. The highest BCUT2D eigenvalue weighted by Crippen LogP contribution is 2.16. The molecule has 0 saturated carbocycles. The van der Waals surface area contributed by atoms with Crippen LogP contribution < -0.4 is 5.43 Å². The predicted molar refractivity (Wildman–Crippen MR) is 106 cm³/mol. The molecule has 1 aliphatic rings. The molecule has 3 rings (SSSR count). The van der Waals surface area contributed by atoms with Crippen LogP contribution in [0.25, 0.3) is 0 Å². The first-order valence-electron chi connectivity index (χ1n) is 9.09. The molecule has 1 N–H and O–H groups in total. The smallest absolute Gasteiger partial charge is 0.385 e. The number of amidine groups is 1. The van der Waals surface area contributed by atoms with Crippen molar-refractivity contribution in [3.8, 4) is 0 Å². The van der Waals surface area contributed by atoms with Crippen molar-refractivity contribution in [2.45, 2.75) is 26.9 Å². The van der Waals surface area contributed by atoms with Gasteiger partial charge in [-0.2, -0.15) is 4.99 Å². The van der Waals surface area contributed by atoms with Crippen molar-refractivity contribution in [2.24, 2.45) is 16.0 Å². The molecule has 146 valence electrons. The molecule has 0 unspecified atom stereocenters. The van der Waals surface area contributed by atoms with E-state index in [1.165, 1.54) is 12.1 Å². The Kier molecular flexibility index (Phi) is 6.49. The van der Waals surface area contributed by atoms with Gasteiger partial charge in [-0.05, 0) is 42.2 Å². The Bertz CT molecular complexity index is 909. The summed E-state index contributed by atoms with van der Waals surface area (Å²) in [7, 11) is 0. The lowest BCUT2D eigenvalue weighted by atomic mass is 10.1. The van der Waals surface area contributed by atoms with E-state index in [1.54, 1.807) is 12.1 Å². The van der Waals surface area contributed by atoms with E-state index in [-0.39, 0.29) is 17.3 Å². The van der Waals surface area contributed by atoms with Gasteiger partial charge in [0.1, 0.15) is 5.82 Å². The number of rotatable bonds is 8. The molecule has 0 fully saturated rings. The van der Waals surface area contributed by atoms with E-state index in [0.717, 1.165) is 12.0 Å². The van der Waals surface area contributed by atoms with E-state index in [0.29, 0.717) is 24.8 Å². The number of benzene rings is 2. The van der Waals surface area contributed by atoms with Gasteiger partial charge in [0.25, 0.3) is 5.84 Å². The number of hydrazone groups is 1. The number of aliphatic imine (C=N–C) groups is 1. The van der Waals surface area contributed by atoms with Gasteiger partial charge in [0.05, 0.1) is 17.9 Å². The van der Waals surface area contributed by atoms with Crippen LogP contribution >= 0.6 is 0 Å². The average Bonchev–Trinajstić information content (AvgIpc) is 3.04. The van der Waals surface area contributed by atoms with E-state index in [4.69, 9.17) is 9.47 Å². The number of carbonyl (C=O) groups is 1. The molecule has 1 heterocycles. The summed E-state index contributed by atoms with van der Waals surface area (Å²) in [6.45, 7) is 5.51. The van der Waals surface area contributed by atoms with Crippen LogP contribution in [0.15, 0.2) is 58.6 Å². The Morgan fingerprint density at radius 3 is 2.82 bits per heavy atom. The van der Waals surface area contributed by atoms with Crippen molar-refractivity contribution >= 4 is 23.4 Å². The first-order chi connectivity index (χ1) is 13.5. The Hall–Kier alpha value is -3.06. The van der Waals surface area contributed by atoms with Gasteiger partial charge >= 0.3 is 5.97 Å². The highest BCUT2D eigenvalue weighted by atomic mass is 19.1. The number of nitrogens with one attached hydrogen (secondary N) is 1. The molecule has 0 radical (unpaired) electrons. The van der Waals surface area contributed by atoms with Gasteiger partial charge < -0.3 is 9.47 Å². The lowest BCUT2D eigenvalue weighted by Crippen LogP contribution is -2.11. The SMILES string of the molecule is CC(C)CCOCc1cccc(NN=C2N=C(c3ccccc3F)OC2=O)c1. The van der Waals surface area contributed by atoms with Crippen molar-refractivity contribution in [1.29, 1.82) is 0 Å². The van der Waals surface area contributed by atoms with Gasteiger partial charge in [-0.25, -0.2) is 9.18 Å². The number of cyclic esters (lactones) is 1. The highest BCUT2D eigenvalue weighted by molar-refractivity contribution is 6.43. The minimum absolute atomic E-state index is 0.101. The Morgan fingerprint density at radius 2 is 2.04 bits per heavy atom. The first-order valence-corrected chi connectivity index (χ1v) is 9.09. The van der Waals surface area contributed by atoms with Gasteiger partial charge in [0.2, 0.25) is 5.90 Å². The standard InChI is InChI=1S/C21H22FN3O3/c1-14(2)10-11-27-13-15-6-5-7-16(12-15)24-25-19-21(26)28-20(23-19)17-8-3-4-9-18(17)22/h3-9,12,14,24H,10-11,13H2,1-2H3. The number of hydrogen-bond donors (Lipinski definition) is 1. The summed E-state index contributed by atoms with van der Waals surface area (Å²) < 4.78 is 24.5. The summed E-state index contributed by atoms with van der Waals surface area (Å²) in [6, 6.07) is 13.4. The second-order valence-corrected chi connectivity index (χ2v) is 6.77. The molecule has 0 aromatic heterocycles. The molecule has 0 bridgehead atoms. The van der Waals surface area contributed by atoms with Crippen LogP contribution in [0.5, 0.6) is 0 Å². The number of esters is 1. The predicted octanol–water partition coefficient (Wildman–Crippen LogP) is 4.12. The second kappa shape index (κ2) is 9.23.